The van der Waals surface area contributed by atoms with Crippen molar-refractivity contribution in [1.29, 1.82) is 0 Å². The highest BCUT2D eigenvalue weighted by Crippen LogP contribution is 2.41. The molecule has 0 bridgehead atoms. The summed E-state index contributed by atoms with van der Waals surface area (Å²) in [5.74, 6) is 3.34. The Bertz CT molecular complexity index is 2700. The average molecular weight is 987 g/mol. The van der Waals surface area contributed by atoms with Gasteiger partial charge in [0.15, 0.2) is 5.65 Å². The Morgan fingerprint density at radius 3 is 2.47 bits per heavy atom. The number of pyridine rings is 1. The van der Waals surface area contributed by atoms with Crippen LogP contribution in [-0.2, 0) is 45.1 Å². The third kappa shape index (κ3) is 12.3. The molecule has 3 N–H and O–H groups in total. The molecule has 0 radical (unpaired) electrons. The molecular weight excluding hydrogens is 917 g/mol. The summed E-state index contributed by atoms with van der Waals surface area (Å²) in [5, 5.41) is 21.4. The van der Waals surface area contributed by atoms with Crippen LogP contribution >= 0.6 is 0 Å². The lowest BCUT2D eigenvalue weighted by Crippen LogP contribution is -2.49. The topological polar surface area (TPSA) is 197 Å². The van der Waals surface area contributed by atoms with Gasteiger partial charge in [-0.05, 0) is 74.1 Å². The number of rotatable bonds is 24. The van der Waals surface area contributed by atoms with E-state index in [4.69, 9.17) is 24.2 Å². The molecular formula is C53H70N12O7. The summed E-state index contributed by atoms with van der Waals surface area (Å²) in [4.78, 5) is 60.6. The van der Waals surface area contributed by atoms with Crippen LogP contribution in [0.2, 0.25) is 0 Å². The van der Waals surface area contributed by atoms with Gasteiger partial charge >= 0.3 is 6.09 Å². The minimum Gasteiger partial charge on any atom is -0.444 e. The van der Waals surface area contributed by atoms with Crippen LogP contribution in [-0.4, -0.2) is 134 Å². The van der Waals surface area contributed by atoms with Crippen LogP contribution in [0.4, 0.5) is 28.2 Å². The highest BCUT2D eigenvalue weighted by Gasteiger charge is 2.33. The van der Waals surface area contributed by atoms with Crippen molar-refractivity contribution in [2.24, 2.45) is 5.92 Å². The molecule has 72 heavy (non-hydrogen) atoms. The van der Waals surface area contributed by atoms with Crippen LogP contribution < -0.4 is 26.0 Å². The quantitative estimate of drug-likeness (QED) is 0.0471. The standard InChI is InChI=1S/C53H70N12O7/c1-4-40-34-56-65-46(31-47(58-51(40)65)63-18-7-6-8-44(63)17-25-66)54-32-39-11-16-49(68)62(35-39)23-26-70-28-29-71-27-24-64-50-43(36-72-53(64)69)33-55-52(59-50)57-37(3)41-12-14-42(15-13-41)45(30-38-9-10-38)60-19-21-61(22-20-60)48(67)5-2/h5,11-16,31,33-35,37-38,44-45,54,66H,2,4,6-10,17-30,32,36H2,1,3H3,(H,55,57,59)/t37-,44-,45-/m0/s1. The number of anilines is 4. The Morgan fingerprint density at radius 2 is 1.72 bits per heavy atom. The number of ether oxygens (including phenoxy) is 3. The van der Waals surface area contributed by atoms with Gasteiger partial charge in [0, 0.05) is 94.6 Å². The summed E-state index contributed by atoms with van der Waals surface area (Å²) in [6.07, 6.45) is 14.8. The number of nitrogens with zero attached hydrogens (tertiary/aromatic N) is 10. The molecule has 1 aliphatic carbocycles. The zero-order valence-corrected chi connectivity index (χ0v) is 41.8. The van der Waals surface area contributed by atoms with Crippen molar-refractivity contribution in [3.63, 3.8) is 0 Å². The third-order valence-electron chi connectivity index (χ3n) is 14.5. The lowest BCUT2D eigenvalue weighted by molar-refractivity contribution is -0.128. The van der Waals surface area contributed by atoms with E-state index in [1.165, 1.54) is 29.4 Å². The maximum atomic E-state index is 13.0. The average Bonchev–Trinajstić information content (AvgIpc) is 4.14. The van der Waals surface area contributed by atoms with E-state index in [-0.39, 0.29) is 49.9 Å². The molecule has 0 spiro atoms. The van der Waals surface area contributed by atoms with E-state index in [0.29, 0.717) is 75.8 Å². The SMILES string of the molecule is C=CC(=O)N1CCN([C@@H](CC2CC2)c2ccc([C@H](C)Nc3ncc4c(n3)N(CCOCCOCCn3cc(CNc5cc(N6CCCC[C@H]6CCO)nc6c(CC)cnn56)ccc3=O)C(=O)OC4)cc2)CC1. The number of aromatic nitrogens is 6. The van der Waals surface area contributed by atoms with Crippen LogP contribution in [0.15, 0.2) is 78.5 Å². The van der Waals surface area contributed by atoms with Gasteiger partial charge in [0.05, 0.1) is 50.8 Å². The second kappa shape index (κ2) is 23.9. The van der Waals surface area contributed by atoms with Gasteiger partial charge in [-0.15, -0.1) is 0 Å². The zero-order chi connectivity index (χ0) is 50.0. The lowest BCUT2D eigenvalue weighted by atomic mass is 9.96. The number of hydrogen-bond donors (Lipinski definition) is 3. The Kier molecular flexibility index (Phi) is 16.8. The van der Waals surface area contributed by atoms with Crippen molar-refractivity contribution < 1.29 is 28.9 Å². The number of carbonyl (C=O) groups excluding carboxylic acids is 2. The number of fused-ring (bicyclic) bond motifs is 2. The number of piperazine rings is 1. The van der Waals surface area contributed by atoms with E-state index in [2.05, 4.69) is 75.2 Å². The number of amides is 2. The van der Waals surface area contributed by atoms with Crippen LogP contribution in [0.25, 0.3) is 5.65 Å². The fourth-order valence-corrected chi connectivity index (χ4v) is 10.1. The summed E-state index contributed by atoms with van der Waals surface area (Å²) in [6, 6.07) is 14.7. The Labute approximate surface area is 421 Å². The van der Waals surface area contributed by atoms with Crippen LogP contribution in [0.5, 0.6) is 0 Å². The smallest absolute Gasteiger partial charge is 0.415 e. The molecule has 384 valence electrons. The van der Waals surface area contributed by atoms with Crippen molar-refractivity contribution in [2.45, 2.75) is 103 Å². The largest absolute Gasteiger partial charge is 0.444 e. The normalized spacial score (nSPS) is 18.2. The lowest BCUT2D eigenvalue weighted by Gasteiger charge is -2.39. The van der Waals surface area contributed by atoms with Gasteiger partial charge in [0.25, 0.3) is 5.56 Å². The van der Waals surface area contributed by atoms with Gasteiger partial charge in [0.2, 0.25) is 11.9 Å². The number of piperidine rings is 1. The van der Waals surface area contributed by atoms with E-state index in [0.717, 1.165) is 91.6 Å². The van der Waals surface area contributed by atoms with Crippen molar-refractivity contribution >= 4 is 41.0 Å². The Hall–Kier alpha value is -6.41. The van der Waals surface area contributed by atoms with E-state index >= 15 is 0 Å². The van der Waals surface area contributed by atoms with Crippen LogP contribution in [0, 0.1) is 5.92 Å². The second-order valence-electron chi connectivity index (χ2n) is 19.3. The summed E-state index contributed by atoms with van der Waals surface area (Å²) in [7, 11) is 0. The van der Waals surface area contributed by atoms with E-state index in [9.17, 15) is 19.5 Å². The molecule has 1 aromatic carbocycles. The number of benzene rings is 1. The maximum Gasteiger partial charge on any atom is 0.415 e. The Balaban J connectivity index is 0.729. The van der Waals surface area contributed by atoms with E-state index in [1.54, 1.807) is 16.8 Å². The molecule has 3 fully saturated rings. The molecule has 19 heteroatoms. The molecule has 2 saturated heterocycles. The van der Waals surface area contributed by atoms with Gasteiger partial charge in [-0.3, -0.25) is 19.4 Å². The molecule has 9 rings (SSSR count). The van der Waals surface area contributed by atoms with Gasteiger partial charge in [-0.1, -0.05) is 56.7 Å². The van der Waals surface area contributed by atoms with Crippen LogP contribution in [0.1, 0.15) is 98.7 Å². The number of aliphatic hydroxyl groups is 1. The predicted molar refractivity (Wildman–Crippen MR) is 275 cm³/mol. The van der Waals surface area contributed by atoms with Gasteiger partial charge in [-0.25, -0.2) is 14.8 Å². The summed E-state index contributed by atoms with van der Waals surface area (Å²) >= 11 is 0. The second-order valence-corrected chi connectivity index (χ2v) is 19.3. The molecule has 3 atom stereocenters. The van der Waals surface area contributed by atoms with Gasteiger partial charge in [-0.2, -0.15) is 14.6 Å². The fraction of sp³-hybridized carbons (Fsp3) is 0.528. The van der Waals surface area contributed by atoms with Crippen molar-refractivity contribution in [3.8, 4) is 0 Å². The number of nitrogens with one attached hydrogen (secondary N) is 2. The van der Waals surface area contributed by atoms with Crippen molar-refractivity contribution in [2.75, 3.05) is 92.7 Å². The molecule has 4 aliphatic rings. The predicted octanol–water partition coefficient (Wildman–Crippen LogP) is 6.13. The van der Waals surface area contributed by atoms with E-state index < -0.39 is 6.09 Å². The molecule has 19 nitrogen and oxygen atoms in total. The minimum atomic E-state index is -0.497. The molecule has 7 heterocycles. The molecule has 2 amide bonds. The van der Waals surface area contributed by atoms with Gasteiger partial charge < -0.3 is 44.3 Å². The summed E-state index contributed by atoms with van der Waals surface area (Å²) in [6.45, 7) is 14.3. The van der Waals surface area contributed by atoms with Crippen molar-refractivity contribution in [1.82, 2.24) is 38.9 Å². The molecule has 4 aromatic heterocycles. The number of hydrogen-bond acceptors (Lipinski definition) is 15. The maximum absolute atomic E-state index is 13.0. The van der Waals surface area contributed by atoms with E-state index in [1.807, 2.05) is 33.9 Å². The highest BCUT2D eigenvalue weighted by atomic mass is 16.6. The Morgan fingerprint density at radius 1 is 0.944 bits per heavy atom. The molecule has 0 unspecified atom stereocenters. The molecule has 1 saturated carbocycles. The highest BCUT2D eigenvalue weighted by molar-refractivity contribution is 5.89. The first kappa shape index (κ1) is 50.5. The third-order valence-corrected chi connectivity index (χ3v) is 14.5. The van der Waals surface area contributed by atoms with Gasteiger partial charge in [0.1, 0.15) is 24.1 Å². The summed E-state index contributed by atoms with van der Waals surface area (Å²) in [5.41, 5.74) is 5.77. The number of aliphatic hydroxyl groups excluding tert-OH is 1. The van der Waals surface area contributed by atoms with Crippen LogP contribution in [0.3, 0.4) is 0 Å². The molecule has 5 aromatic rings. The monoisotopic (exact) mass is 987 g/mol. The zero-order valence-electron chi connectivity index (χ0n) is 41.8. The number of carbonyl (C=O) groups is 2. The van der Waals surface area contributed by atoms with Crippen molar-refractivity contribution in [3.05, 3.63) is 112 Å². The number of cyclic esters (lactones) is 1. The molecule has 3 aliphatic heterocycles. The first-order valence-corrected chi connectivity index (χ1v) is 25.9. The fourth-order valence-electron chi connectivity index (χ4n) is 10.1. The number of aryl methyl sites for hydroxylation is 1. The minimum absolute atomic E-state index is 0.000707. The first-order chi connectivity index (χ1) is 35.2. The first-order valence-electron chi connectivity index (χ1n) is 25.9. The summed E-state index contributed by atoms with van der Waals surface area (Å²) < 4.78 is 20.7.